The molecular formula is C26H34ClN3O2. The molecule has 2 aliphatic heterocycles. The number of carbonyl (C=O) groups excluding carboxylic acids is 1. The molecule has 0 bridgehead atoms. The highest BCUT2D eigenvalue weighted by Crippen LogP contribution is 2.56. The van der Waals surface area contributed by atoms with Gasteiger partial charge in [0.2, 0.25) is 5.91 Å². The van der Waals surface area contributed by atoms with Crippen molar-refractivity contribution in [2.45, 2.75) is 63.2 Å². The average Bonchev–Trinajstić information content (AvgIpc) is 3.62. The molecule has 32 heavy (non-hydrogen) atoms. The van der Waals surface area contributed by atoms with Gasteiger partial charge in [-0.1, -0.05) is 37.3 Å². The molecular weight excluding hydrogens is 422 g/mol. The number of rotatable bonds is 6. The van der Waals surface area contributed by atoms with Crippen LogP contribution in [0.25, 0.3) is 0 Å². The van der Waals surface area contributed by atoms with E-state index < -0.39 is 0 Å². The molecule has 2 heterocycles. The van der Waals surface area contributed by atoms with E-state index in [-0.39, 0.29) is 24.2 Å². The Morgan fingerprint density at radius 1 is 1.16 bits per heavy atom. The quantitative estimate of drug-likeness (QED) is 0.670. The summed E-state index contributed by atoms with van der Waals surface area (Å²) in [6.45, 7) is 2.98. The molecule has 3 aliphatic rings. The first-order valence-corrected chi connectivity index (χ1v) is 11.6. The van der Waals surface area contributed by atoms with Crippen LogP contribution in [0, 0.1) is 5.92 Å². The SMILES string of the molecule is CC[C@H]1CC[C@H](NCc2cc3c(cc2OC)C2C[C@H]2C(=O)N3C)[C@H](c2ccccc2)N1.Cl. The van der Waals surface area contributed by atoms with E-state index >= 15 is 0 Å². The number of ether oxygens (including phenoxy) is 1. The summed E-state index contributed by atoms with van der Waals surface area (Å²) in [5, 5.41) is 7.68. The number of hydrogen-bond donors (Lipinski definition) is 2. The van der Waals surface area contributed by atoms with Crippen molar-refractivity contribution in [2.75, 3.05) is 19.1 Å². The molecule has 5 atom stereocenters. The van der Waals surface area contributed by atoms with Crippen LogP contribution < -0.4 is 20.3 Å². The van der Waals surface area contributed by atoms with Crippen molar-refractivity contribution in [2.24, 2.45) is 5.92 Å². The first-order valence-electron chi connectivity index (χ1n) is 11.6. The molecule has 1 aliphatic carbocycles. The summed E-state index contributed by atoms with van der Waals surface area (Å²) in [6.07, 6.45) is 4.44. The number of amides is 1. The Balaban J connectivity index is 0.00000245. The lowest BCUT2D eigenvalue weighted by molar-refractivity contribution is -0.119. The minimum absolute atomic E-state index is 0. The second kappa shape index (κ2) is 9.42. The lowest BCUT2D eigenvalue weighted by Crippen LogP contribution is -2.49. The van der Waals surface area contributed by atoms with Crippen LogP contribution >= 0.6 is 12.4 Å². The molecule has 5 rings (SSSR count). The number of methoxy groups -OCH3 is 1. The third-order valence-electron chi connectivity index (χ3n) is 7.48. The molecule has 172 valence electrons. The number of benzene rings is 2. The Hall–Kier alpha value is -2.08. The van der Waals surface area contributed by atoms with Crippen LogP contribution in [-0.4, -0.2) is 32.1 Å². The Bertz CT molecular complexity index is 967. The maximum Gasteiger partial charge on any atom is 0.230 e. The molecule has 2 aromatic rings. The number of fused-ring (bicyclic) bond motifs is 3. The van der Waals surface area contributed by atoms with Gasteiger partial charge in [0.15, 0.2) is 0 Å². The van der Waals surface area contributed by atoms with Crippen molar-refractivity contribution in [1.29, 1.82) is 0 Å². The highest BCUT2D eigenvalue weighted by Gasteiger charge is 2.50. The normalized spacial score (nSPS) is 28.4. The van der Waals surface area contributed by atoms with E-state index in [2.05, 4.69) is 60.0 Å². The maximum atomic E-state index is 12.5. The molecule has 2 aromatic carbocycles. The summed E-state index contributed by atoms with van der Waals surface area (Å²) in [4.78, 5) is 14.4. The predicted molar refractivity (Wildman–Crippen MR) is 131 cm³/mol. The Kier molecular flexibility index (Phi) is 6.80. The lowest BCUT2D eigenvalue weighted by Gasteiger charge is -2.38. The smallest absolute Gasteiger partial charge is 0.230 e. The number of nitrogens with one attached hydrogen (secondary N) is 2. The van der Waals surface area contributed by atoms with E-state index in [4.69, 9.17) is 4.74 Å². The van der Waals surface area contributed by atoms with E-state index in [1.165, 1.54) is 17.5 Å². The molecule has 0 spiro atoms. The van der Waals surface area contributed by atoms with Crippen molar-refractivity contribution in [3.8, 4) is 5.75 Å². The number of anilines is 1. The number of nitrogens with zero attached hydrogens (tertiary/aromatic N) is 1. The topological polar surface area (TPSA) is 53.6 Å². The van der Waals surface area contributed by atoms with E-state index in [1.54, 1.807) is 7.11 Å². The fraction of sp³-hybridized carbons (Fsp3) is 0.500. The summed E-state index contributed by atoms with van der Waals surface area (Å²) in [5.74, 6) is 1.74. The van der Waals surface area contributed by atoms with Crippen LogP contribution in [0.2, 0.25) is 0 Å². The number of carbonyl (C=O) groups is 1. The van der Waals surface area contributed by atoms with Crippen molar-refractivity contribution in [3.63, 3.8) is 0 Å². The highest BCUT2D eigenvalue weighted by atomic mass is 35.5. The van der Waals surface area contributed by atoms with Crippen molar-refractivity contribution < 1.29 is 9.53 Å². The van der Waals surface area contributed by atoms with Crippen LogP contribution in [0.1, 0.15) is 61.3 Å². The van der Waals surface area contributed by atoms with Gasteiger partial charge in [0.1, 0.15) is 5.75 Å². The van der Waals surface area contributed by atoms with E-state index in [1.807, 2.05) is 11.9 Å². The predicted octanol–water partition coefficient (Wildman–Crippen LogP) is 4.56. The zero-order valence-electron chi connectivity index (χ0n) is 19.1. The number of halogens is 1. The van der Waals surface area contributed by atoms with Gasteiger partial charge in [-0.3, -0.25) is 4.79 Å². The van der Waals surface area contributed by atoms with Gasteiger partial charge in [0.05, 0.1) is 7.11 Å². The lowest BCUT2D eigenvalue weighted by atomic mass is 9.88. The van der Waals surface area contributed by atoms with E-state index in [0.29, 0.717) is 24.0 Å². The van der Waals surface area contributed by atoms with Gasteiger partial charge in [-0.2, -0.15) is 0 Å². The molecule has 5 nitrogen and oxygen atoms in total. The Morgan fingerprint density at radius 2 is 1.94 bits per heavy atom. The van der Waals surface area contributed by atoms with Gasteiger partial charge < -0.3 is 20.3 Å². The summed E-state index contributed by atoms with van der Waals surface area (Å²) in [7, 11) is 3.65. The molecule has 6 heteroatoms. The van der Waals surface area contributed by atoms with Crippen LogP contribution in [-0.2, 0) is 11.3 Å². The van der Waals surface area contributed by atoms with Crippen LogP contribution in [0.15, 0.2) is 42.5 Å². The van der Waals surface area contributed by atoms with Crippen molar-refractivity contribution in [3.05, 3.63) is 59.2 Å². The molecule has 1 saturated heterocycles. The largest absolute Gasteiger partial charge is 0.496 e. The van der Waals surface area contributed by atoms with Crippen molar-refractivity contribution in [1.82, 2.24) is 10.6 Å². The summed E-state index contributed by atoms with van der Waals surface area (Å²) >= 11 is 0. The summed E-state index contributed by atoms with van der Waals surface area (Å²) < 4.78 is 5.77. The van der Waals surface area contributed by atoms with Gasteiger partial charge in [-0.25, -0.2) is 0 Å². The molecule has 2 N–H and O–H groups in total. The Labute approximate surface area is 197 Å². The van der Waals surface area contributed by atoms with Crippen LogP contribution in [0.5, 0.6) is 5.75 Å². The van der Waals surface area contributed by atoms with Crippen molar-refractivity contribution >= 4 is 24.0 Å². The molecule has 2 fully saturated rings. The zero-order valence-corrected chi connectivity index (χ0v) is 20.0. The fourth-order valence-corrected chi connectivity index (χ4v) is 5.49. The maximum absolute atomic E-state index is 12.5. The van der Waals surface area contributed by atoms with Gasteiger partial charge in [0, 0.05) is 48.9 Å². The first kappa shape index (κ1) is 23.1. The standard InChI is InChI=1S/C26H33N3O2.ClH/c1-4-18-10-11-22(25(28-18)16-8-6-5-7-9-16)27-15-17-12-23-20(14-24(17)31-3)19-13-21(19)26(30)29(23)2;/h5-9,12,14,18-19,21-22,25,27-28H,4,10-11,13,15H2,1-3H3;1H/t18-,19?,21+,22-,25-;/m0./s1. The molecule has 1 unspecified atom stereocenters. The number of hydrogen-bond acceptors (Lipinski definition) is 4. The monoisotopic (exact) mass is 455 g/mol. The van der Waals surface area contributed by atoms with Crippen LogP contribution in [0.3, 0.4) is 0 Å². The van der Waals surface area contributed by atoms with E-state index in [9.17, 15) is 4.79 Å². The number of piperidine rings is 1. The van der Waals surface area contributed by atoms with Gasteiger partial charge in [-0.15, -0.1) is 12.4 Å². The highest BCUT2D eigenvalue weighted by molar-refractivity contribution is 6.01. The fourth-order valence-electron chi connectivity index (χ4n) is 5.49. The second-order valence-corrected chi connectivity index (χ2v) is 9.29. The van der Waals surface area contributed by atoms with Gasteiger partial charge in [0.25, 0.3) is 0 Å². The minimum atomic E-state index is 0. The van der Waals surface area contributed by atoms with Gasteiger partial charge in [-0.05, 0) is 54.9 Å². The minimum Gasteiger partial charge on any atom is -0.496 e. The Morgan fingerprint density at radius 3 is 2.66 bits per heavy atom. The molecule has 1 saturated carbocycles. The third kappa shape index (κ3) is 4.14. The molecule has 0 aromatic heterocycles. The first-order chi connectivity index (χ1) is 15.1. The molecule has 1 amide bonds. The van der Waals surface area contributed by atoms with Crippen LogP contribution in [0.4, 0.5) is 5.69 Å². The third-order valence-corrected chi connectivity index (χ3v) is 7.48. The molecule has 0 radical (unpaired) electrons. The zero-order chi connectivity index (χ0) is 21.5. The van der Waals surface area contributed by atoms with E-state index in [0.717, 1.165) is 42.8 Å². The average molecular weight is 456 g/mol. The summed E-state index contributed by atoms with van der Waals surface area (Å²) in [5.41, 5.74) is 4.76. The van der Waals surface area contributed by atoms with Gasteiger partial charge >= 0.3 is 0 Å². The second-order valence-electron chi connectivity index (χ2n) is 9.29. The summed E-state index contributed by atoms with van der Waals surface area (Å²) in [6, 6.07) is 16.3.